The van der Waals surface area contributed by atoms with Gasteiger partial charge in [-0.25, -0.2) is 9.59 Å². The molecule has 2 aliphatic rings. The number of benzene rings is 1. The zero-order valence-electron chi connectivity index (χ0n) is 18.1. The maximum Gasteiger partial charge on any atom is 0.337 e. The average molecular weight is 431 g/mol. The van der Waals surface area contributed by atoms with E-state index in [2.05, 4.69) is 17.1 Å². The number of piperidine rings is 1. The van der Waals surface area contributed by atoms with Crippen LogP contribution in [0.1, 0.15) is 30.1 Å². The van der Waals surface area contributed by atoms with E-state index < -0.39 is 17.8 Å². The molecule has 0 aromatic heterocycles. The molecule has 3 rings (SSSR count). The topological polar surface area (TPSA) is 108 Å². The number of carbonyl (C=O) groups excluding carboxylic acids is 3. The number of hydrogen-bond donors (Lipinski definition) is 2. The molecule has 1 saturated heterocycles. The van der Waals surface area contributed by atoms with Crippen molar-refractivity contribution in [2.45, 2.75) is 19.8 Å². The number of methoxy groups -OCH3 is 2. The third-order valence-electron chi connectivity index (χ3n) is 5.76. The van der Waals surface area contributed by atoms with Crippen molar-refractivity contribution in [3.05, 3.63) is 35.0 Å². The molecule has 1 amide bonds. The van der Waals surface area contributed by atoms with Crippen LogP contribution in [0.25, 0.3) is 0 Å². The van der Waals surface area contributed by atoms with Gasteiger partial charge in [-0.2, -0.15) is 0 Å². The molecule has 9 heteroatoms. The van der Waals surface area contributed by atoms with Crippen molar-refractivity contribution in [2.24, 2.45) is 5.92 Å². The molecule has 1 aromatic rings. The van der Waals surface area contributed by atoms with Gasteiger partial charge in [-0.15, -0.1) is 0 Å². The van der Waals surface area contributed by atoms with Crippen molar-refractivity contribution in [3.8, 4) is 0 Å². The van der Waals surface area contributed by atoms with Crippen molar-refractivity contribution in [1.29, 1.82) is 0 Å². The maximum absolute atomic E-state index is 12.9. The van der Waals surface area contributed by atoms with Crippen LogP contribution in [0.2, 0.25) is 0 Å². The first-order chi connectivity index (χ1) is 14.9. The zero-order valence-corrected chi connectivity index (χ0v) is 18.1. The number of hydrogen-bond acceptors (Lipinski definition) is 8. The van der Waals surface area contributed by atoms with Crippen molar-refractivity contribution in [2.75, 3.05) is 57.2 Å². The molecule has 31 heavy (non-hydrogen) atoms. The van der Waals surface area contributed by atoms with Gasteiger partial charge < -0.3 is 29.7 Å². The molecule has 9 nitrogen and oxygen atoms in total. The first kappa shape index (κ1) is 22.6. The summed E-state index contributed by atoms with van der Waals surface area (Å²) < 4.78 is 9.69. The van der Waals surface area contributed by atoms with E-state index in [1.54, 1.807) is 12.1 Å². The van der Waals surface area contributed by atoms with E-state index in [0.29, 0.717) is 17.2 Å². The van der Waals surface area contributed by atoms with E-state index in [0.717, 1.165) is 31.6 Å². The fourth-order valence-electron chi connectivity index (χ4n) is 3.89. The predicted octanol–water partition coefficient (Wildman–Crippen LogP) is 1.38. The van der Waals surface area contributed by atoms with Gasteiger partial charge in [0.2, 0.25) is 0 Å². The zero-order chi connectivity index (χ0) is 22.5. The Kier molecular flexibility index (Phi) is 7.17. The number of β-amino-alcohol motifs (C(OH)–C–C–N with tert-alkyl or cyclic N) is 1. The maximum atomic E-state index is 12.9. The molecule has 0 bridgehead atoms. The fraction of sp³-hybridized carbons (Fsp3) is 0.500. The summed E-state index contributed by atoms with van der Waals surface area (Å²) in [6.07, 6.45) is 2.08. The number of rotatable bonds is 7. The van der Waals surface area contributed by atoms with Crippen molar-refractivity contribution in [1.82, 2.24) is 4.90 Å². The summed E-state index contributed by atoms with van der Waals surface area (Å²) in [6.45, 7) is 3.84. The predicted molar refractivity (Wildman–Crippen MR) is 115 cm³/mol. The number of nitrogens with zero attached hydrogens (tertiary/aromatic N) is 2. The number of aliphatic hydroxyl groups excluding tert-OH is 1. The lowest BCUT2D eigenvalue weighted by Gasteiger charge is -2.33. The van der Waals surface area contributed by atoms with Gasteiger partial charge >= 0.3 is 11.9 Å². The van der Waals surface area contributed by atoms with Crippen molar-refractivity contribution >= 4 is 29.2 Å². The minimum atomic E-state index is -0.617. The number of esters is 2. The smallest absolute Gasteiger partial charge is 0.337 e. The molecule has 0 atom stereocenters. The number of carbonyl (C=O) groups is 3. The molecule has 2 aliphatic heterocycles. The second-order valence-electron chi connectivity index (χ2n) is 7.81. The highest BCUT2D eigenvalue weighted by atomic mass is 16.5. The van der Waals surface area contributed by atoms with Gasteiger partial charge in [0.25, 0.3) is 5.91 Å². The van der Waals surface area contributed by atoms with Gasteiger partial charge in [-0.3, -0.25) is 4.79 Å². The van der Waals surface area contributed by atoms with Crippen LogP contribution in [0, 0.1) is 5.92 Å². The van der Waals surface area contributed by atoms with Crippen LogP contribution in [-0.2, 0) is 19.1 Å². The van der Waals surface area contributed by atoms with Crippen LogP contribution in [-0.4, -0.2) is 74.9 Å². The Morgan fingerprint density at radius 3 is 2.45 bits per heavy atom. The summed E-state index contributed by atoms with van der Waals surface area (Å²) >= 11 is 0. The molecular formula is C22H29N3O6. The van der Waals surface area contributed by atoms with Gasteiger partial charge in [-0.1, -0.05) is 6.92 Å². The van der Waals surface area contributed by atoms with Crippen LogP contribution in [0.5, 0.6) is 0 Å². The lowest BCUT2D eigenvalue weighted by molar-refractivity contribution is -0.136. The first-order valence-corrected chi connectivity index (χ1v) is 10.4. The monoisotopic (exact) mass is 431 g/mol. The fourth-order valence-corrected chi connectivity index (χ4v) is 3.89. The Labute approximate surface area is 181 Å². The van der Waals surface area contributed by atoms with Gasteiger partial charge in [-0.05, 0) is 37.0 Å². The Balaban J connectivity index is 2.01. The summed E-state index contributed by atoms with van der Waals surface area (Å²) in [4.78, 5) is 40.9. The second kappa shape index (κ2) is 9.82. The Bertz CT molecular complexity index is 889. The van der Waals surface area contributed by atoms with Crippen LogP contribution in [0.4, 0.5) is 11.4 Å². The number of aliphatic hydroxyl groups is 1. The SMILES string of the molecule is COC(=O)C1=C(Nc2cc(C(=O)OC)ccc2N2CCC(C)CC2)C(=O)N(CCO)C1. The molecule has 1 aromatic carbocycles. The highest BCUT2D eigenvalue weighted by Crippen LogP contribution is 2.33. The minimum absolute atomic E-state index is 0.0433. The van der Waals surface area contributed by atoms with Gasteiger partial charge in [0.1, 0.15) is 5.70 Å². The number of anilines is 2. The Morgan fingerprint density at radius 1 is 1.16 bits per heavy atom. The molecule has 2 heterocycles. The third-order valence-corrected chi connectivity index (χ3v) is 5.76. The summed E-state index contributed by atoms with van der Waals surface area (Å²) in [5, 5.41) is 12.4. The van der Waals surface area contributed by atoms with E-state index in [4.69, 9.17) is 9.47 Å². The van der Waals surface area contributed by atoms with E-state index in [1.807, 2.05) is 6.07 Å². The second-order valence-corrected chi connectivity index (χ2v) is 7.81. The van der Waals surface area contributed by atoms with E-state index >= 15 is 0 Å². The molecule has 1 fully saturated rings. The van der Waals surface area contributed by atoms with Crippen molar-refractivity contribution in [3.63, 3.8) is 0 Å². The van der Waals surface area contributed by atoms with Crippen LogP contribution >= 0.6 is 0 Å². The van der Waals surface area contributed by atoms with Crippen LogP contribution in [0.15, 0.2) is 29.5 Å². The summed E-state index contributed by atoms with van der Waals surface area (Å²) in [7, 11) is 2.56. The first-order valence-electron chi connectivity index (χ1n) is 10.4. The van der Waals surface area contributed by atoms with Crippen LogP contribution in [0.3, 0.4) is 0 Å². The molecule has 0 spiro atoms. The van der Waals surface area contributed by atoms with Gasteiger partial charge in [0, 0.05) is 19.6 Å². The normalized spacial score (nSPS) is 17.2. The molecule has 2 N–H and O–H groups in total. The quantitative estimate of drug-likeness (QED) is 0.624. The van der Waals surface area contributed by atoms with E-state index in [-0.39, 0.29) is 31.0 Å². The lowest BCUT2D eigenvalue weighted by Crippen LogP contribution is -2.34. The van der Waals surface area contributed by atoms with Gasteiger partial charge in [0.05, 0.1) is 49.9 Å². The molecular weight excluding hydrogens is 402 g/mol. The molecule has 0 unspecified atom stereocenters. The van der Waals surface area contributed by atoms with Crippen LogP contribution < -0.4 is 10.2 Å². The average Bonchev–Trinajstić information content (AvgIpc) is 3.09. The van der Waals surface area contributed by atoms with Gasteiger partial charge in [0.15, 0.2) is 0 Å². The highest BCUT2D eigenvalue weighted by molar-refractivity contribution is 6.09. The summed E-state index contributed by atoms with van der Waals surface area (Å²) in [5.74, 6) is -0.882. The summed E-state index contributed by atoms with van der Waals surface area (Å²) in [5.41, 5.74) is 1.98. The Morgan fingerprint density at radius 2 is 1.84 bits per heavy atom. The van der Waals surface area contributed by atoms with E-state index in [9.17, 15) is 19.5 Å². The highest BCUT2D eigenvalue weighted by Gasteiger charge is 2.35. The largest absolute Gasteiger partial charge is 0.466 e. The number of ether oxygens (including phenoxy) is 2. The van der Waals surface area contributed by atoms with Crippen molar-refractivity contribution < 1.29 is 29.0 Å². The Hall–Kier alpha value is -3.07. The third kappa shape index (κ3) is 4.82. The number of nitrogens with one attached hydrogen (secondary N) is 1. The molecule has 0 radical (unpaired) electrons. The number of amides is 1. The molecule has 0 saturated carbocycles. The lowest BCUT2D eigenvalue weighted by atomic mass is 9.98. The standard InChI is InChI=1S/C22H29N3O6/c1-14-6-8-24(9-7-14)18-5-4-15(21(28)30-2)12-17(18)23-19-16(22(29)31-3)13-25(10-11-26)20(19)27/h4-5,12,14,23,26H,6-11,13H2,1-3H3. The molecule has 0 aliphatic carbocycles. The minimum Gasteiger partial charge on any atom is -0.466 e. The van der Waals surface area contributed by atoms with E-state index in [1.165, 1.54) is 19.1 Å². The summed E-state index contributed by atoms with van der Waals surface area (Å²) in [6, 6.07) is 5.14. The molecule has 168 valence electrons.